The third-order valence-corrected chi connectivity index (χ3v) is 6.65. The minimum atomic E-state index is -0.754. The van der Waals surface area contributed by atoms with E-state index in [9.17, 15) is 4.79 Å². The highest BCUT2D eigenvalue weighted by atomic mass is 79.9. The Bertz CT molecular complexity index is 1110. The molecule has 28 heavy (non-hydrogen) atoms. The molecule has 2 aliphatic rings. The number of ether oxygens (including phenoxy) is 1. The molecule has 5 rings (SSSR count). The number of ketones is 1. The number of rotatable bonds is 2. The lowest BCUT2D eigenvalue weighted by Gasteiger charge is -2.34. The van der Waals surface area contributed by atoms with Crippen molar-refractivity contribution in [1.29, 1.82) is 0 Å². The van der Waals surface area contributed by atoms with Crippen LogP contribution in [0.3, 0.4) is 0 Å². The molecule has 2 aromatic heterocycles. The van der Waals surface area contributed by atoms with Gasteiger partial charge in [0.25, 0.3) is 0 Å². The maximum Gasteiger partial charge on any atom is 0.210 e. The number of carbonyl (C=O) groups excluding carboxylic acids is 1. The van der Waals surface area contributed by atoms with E-state index in [0.29, 0.717) is 16.2 Å². The van der Waals surface area contributed by atoms with Crippen LogP contribution in [0.25, 0.3) is 17.0 Å². The Morgan fingerprint density at radius 2 is 2.00 bits per heavy atom. The SMILES string of the molecule is Cc1cccc(C2=C(c3ccc4ncnn4c3)OC3(CCC(Br)CC3)C2=O)c1. The normalized spacial score (nSPS) is 24.9. The molecule has 0 atom stereocenters. The highest BCUT2D eigenvalue weighted by Crippen LogP contribution is 2.48. The standard InChI is InChI=1S/C22H20BrN3O2/c1-14-3-2-4-15(11-14)19-20(16-5-6-18-24-13-25-26(18)12-16)28-22(21(19)27)9-7-17(23)8-10-22/h2-6,11-13,17H,7-10H2,1H3. The molecule has 1 aromatic carbocycles. The van der Waals surface area contributed by atoms with Crippen LogP contribution in [-0.4, -0.2) is 30.8 Å². The molecule has 1 aliphatic heterocycles. The van der Waals surface area contributed by atoms with Crippen LogP contribution in [0.2, 0.25) is 0 Å². The Balaban J connectivity index is 1.67. The summed E-state index contributed by atoms with van der Waals surface area (Å²) in [5.74, 6) is 0.757. The van der Waals surface area contributed by atoms with Gasteiger partial charge >= 0.3 is 0 Å². The van der Waals surface area contributed by atoms with Crippen molar-refractivity contribution in [2.24, 2.45) is 0 Å². The number of halogens is 1. The number of aryl methyl sites for hydroxylation is 1. The van der Waals surface area contributed by atoms with Crippen LogP contribution in [-0.2, 0) is 9.53 Å². The highest BCUT2D eigenvalue weighted by Gasteiger charge is 2.51. The van der Waals surface area contributed by atoms with Crippen LogP contribution in [0.15, 0.2) is 48.9 Å². The van der Waals surface area contributed by atoms with E-state index >= 15 is 0 Å². The average Bonchev–Trinajstić information content (AvgIpc) is 3.27. The molecule has 3 heterocycles. The molecule has 0 radical (unpaired) electrons. The number of nitrogens with zero attached hydrogens (tertiary/aromatic N) is 3. The van der Waals surface area contributed by atoms with Gasteiger partial charge in [-0.1, -0.05) is 45.8 Å². The predicted molar refractivity (Wildman–Crippen MR) is 111 cm³/mol. The lowest BCUT2D eigenvalue weighted by Crippen LogP contribution is -2.41. The summed E-state index contributed by atoms with van der Waals surface area (Å²) in [5.41, 5.74) is 3.57. The lowest BCUT2D eigenvalue weighted by molar-refractivity contribution is -0.130. The van der Waals surface area contributed by atoms with Gasteiger partial charge in [-0.05, 0) is 50.3 Å². The number of Topliss-reactive ketones (excluding diaryl/α,β-unsaturated/α-hetero) is 1. The largest absolute Gasteiger partial charge is 0.478 e. The summed E-state index contributed by atoms with van der Waals surface area (Å²) in [7, 11) is 0. The zero-order chi connectivity index (χ0) is 19.3. The molecule has 0 unspecified atom stereocenters. The van der Waals surface area contributed by atoms with Crippen LogP contribution >= 0.6 is 15.9 Å². The first kappa shape index (κ1) is 17.6. The van der Waals surface area contributed by atoms with Crippen molar-refractivity contribution in [3.63, 3.8) is 0 Å². The van der Waals surface area contributed by atoms with Gasteiger partial charge in [0, 0.05) is 16.6 Å². The first-order valence-electron chi connectivity index (χ1n) is 9.55. The van der Waals surface area contributed by atoms with E-state index < -0.39 is 5.60 Å². The summed E-state index contributed by atoms with van der Waals surface area (Å²) in [4.78, 5) is 18.3. The van der Waals surface area contributed by atoms with Crippen LogP contribution in [0.1, 0.15) is 42.4 Å². The van der Waals surface area contributed by atoms with Crippen LogP contribution < -0.4 is 0 Å². The number of aromatic nitrogens is 3. The van der Waals surface area contributed by atoms with Gasteiger partial charge in [-0.3, -0.25) is 4.79 Å². The van der Waals surface area contributed by atoms with Gasteiger partial charge in [-0.2, -0.15) is 5.10 Å². The van der Waals surface area contributed by atoms with Gasteiger partial charge in [0.05, 0.1) is 5.57 Å². The third kappa shape index (κ3) is 2.78. The van der Waals surface area contributed by atoms with Crippen molar-refractivity contribution < 1.29 is 9.53 Å². The Hall–Kier alpha value is -2.47. The molecule has 1 aliphatic carbocycles. The second-order valence-electron chi connectivity index (χ2n) is 7.65. The first-order chi connectivity index (χ1) is 13.6. The maximum atomic E-state index is 13.7. The number of hydrogen-bond donors (Lipinski definition) is 0. The zero-order valence-corrected chi connectivity index (χ0v) is 17.1. The lowest BCUT2D eigenvalue weighted by atomic mass is 9.79. The minimum absolute atomic E-state index is 0.103. The molecule has 0 N–H and O–H groups in total. The van der Waals surface area contributed by atoms with Crippen molar-refractivity contribution in [2.45, 2.75) is 43.0 Å². The molecule has 1 fully saturated rings. The van der Waals surface area contributed by atoms with Gasteiger partial charge in [-0.15, -0.1) is 0 Å². The molecule has 1 spiro atoms. The Morgan fingerprint density at radius 3 is 2.79 bits per heavy atom. The molecular weight excluding hydrogens is 418 g/mol. The Kier molecular flexibility index (Phi) is 4.12. The number of carbonyl (C=O) groups is 1. The Labute approximate surface area is 171 Å². The third-order valence-electron chi connectivity index (χ3n) is 5.73. The molecule has 0 bridgehead atoms. The van der Waals surface area contributed by atoms with E-state index in [1.54, 1.807) is 4.52 Å². The second kappa shape index (κ2) is 6.55. The van der Waals surface area contributed by atoms with Crippen LogP contribution in [0, 0.1) is 6.92 Å². The molecular formula is C22H20BrN3O2. The summed E-state index contributed by atoms with van der Waals surface area (Å²) < 4.78 is 8.23. The fourth-order valence-electron chi connectivity index (χ4n) is 4.22. The molecule has 142 valence electrons. The molecule has 1 saturated carbocycles. The van der Waals surface area contributed by atoms with E-state index in [1.807, 2.05) is 43.5 Å². The summed E-state index contributed by atoms with van der Waals surface area (Å²) >= 11 is 3.69. The molecule has 0 saturated heterocycles. The summed E-state index contributed by atoms with van der Waals surface area (Å²) in [6.07, 6.45) is 6.73. The fraction of sp³-hybridized carbons (Fsp3) is 0.318. The maximum absolute atomic E-state index is 13.7. The first-order valence-corrected chi connectivity index (χ1v) is 10.5. The van der Waals surface area contributed by atoms with Crippen molar-refractivity contribution in [1.82, 2.24) is 14.6 Å². The van der Waals surface area contributed by atoms with E-state index in [2.05, 4.69) is 32.1 Å². The zero-order valence-electron chi connectivity index (χ0n) is 15.6. The summed E-state index contributed by atoms with van der Waals surface area (Å²) in [5, 5.41) is 4.23. The number of alkyl halides is 1. The Morgan fingerprint density at radius 1 is 1.18 bits per heavy atom. The van der Waals surface area contributed by atoms with Crippen molar-refractivity contribution in [2.75, 3.05) is 0 Å². The molecule has 5 nitrogen and oxygen atoms in total. The summed E-state index contributed by atoms with van der Waals surface area (Å²) in [6.45, 7) is 2.04. The van der Waals surface area contributed by atoms with Crippen LogP contribution in [0.5, 0.6) is 0 Å². The van der Waals surface area contributed by atoms with E-state index in [0.717, 1.165) is 48.0 Å². The monoisotopic (exact) mass is 437 g/mol. The van der Waals surface area contributed by atoms with E-state index in [1.165, 1.54) is 6.33 Å². The predicted octanol–water partition coefficient (Wildman–Crippen LogP) is 4.58. The van der Waals surface area contributed by atoms with Gasteiger partial charge in [0.1, 0.15) is 12.1 Å². The summed E-state index contributed by atoms with van der Waals surface area (Å²) in [6, 6.07) is 11.9. The number of hydrogen-bond acceptors (Lipinski definition) is 4. The highest BCUT2D eigenvalue weighted by molar-refractivity contribution is 9.09. The smallest absolute Gasteiger partial charge is 0.210 e. The fourth-order valence-corrected chi connectivity index (χ4v) is 4.68. The van der Waals surface area contributed by atoms with Crippen molar-refractivity contribution >= 4 is 38.7 Å². The number of fused-ring (bicyclic) bond motifs is 1. The molecule has 3 aromatic rings. The van der Waals surface area contributed by atoms with E-state index in [4.69, 9.17) is 4.74 Å². The van der Waals surface area contributed by atoms with Crippen molar-refractivity contribution in [3.05, 3.63) is 65.6 Å². The number of pyridine rings is 1. The second-order valence-corrected chi connectivity index (χ2v) is 8.95. The van der Waals surface area contributed by atoms with Crippen molar-refractivity contribution in [3.8, 4) is 0 Å². The van der Waals surface area contributed by atoms with Gasteiger partial charge in [-0.25, -0.2) is 9.50 Å². The minimum Gasteiger partial charge on any atom is -0.478 e. The van der Waals surface area contributed by atoms with Gasteiger partial charge in [0.2, 0.25) is 5.78 Å². The van der Waals surface area contributed by atoms with Gasteiger partial charge in [0.15, 0.2) is 11.2 Å². The molecule has 0 amide bonds. The van der Waals surface area contributed by atoms with Crippen LogP contribution in [0.4, 0.5) is 0 Å². The number of benzene rings is 1. The van der Waals surface area contributed by atoms with E-state index in [-0.39, 0.29) is 5.78 Å². The molecule has 6 heteroatoms. The topological polar surface area (TPSA) is 56.5 Å². The van der Waals surface area contributed by atoms with Gasteiger partial charge < -0.3 is 4.74 Å². The average molecular weight is 438 g/mol. The quantitative estimate of drug-likeness (QED) is 0.550.